The van der Waals surface area contributed by atoms with Gasteiger partial charge in [0.05, 0.1) is 0 Å². The van der Waals surface area contributed by atoms with Gasteiger partial charge in [-0.2, -0.15) is 4.98 Å². The third-order valence-electron chi connectivity index (χ3n) is 4.81. The molecule has 0 atom stereocenters. The zero-order chi connectivity index (χ0) is 22.2. The van der Waals surface area contributed by atoms with Gasteiger partial charge in [0.2, 0.25) is 17.7 Å². The second-order valence-electron chi connectivity index (χ2n) is 7.37. The van der Waals surface area contributed by atoms with Gasteiger partial charge in [0, 0.05) is 23.0 Å². The number of halogens is 1. The summed E-state index contributed by atoms with van der Waals surface area (Å²) in [6.45, 7) is 3.77. The van der Waals surface area contributed by atoms with E-state index in [-0.39, 0.29) is 18.3 Å². The van der Waals surface area contributed by atoms with Crippen molar-refractivity contribution in [1.82, 2.24) is 29.3 Å². The number of rotatable bonds is 5. The lowest BCUT2D eigenvalue weighted by molar-refractivity contribution is 0.364. The summed E-state index contributed by atoms with van der Waals surface area (Å²) in [5.41, 5.74) is 3.09. The molecule has 160 valence electrons. The van der Waals surface area contributed by atoms with Crippen molar-refractivity contribution in [3.8, 4) is 11.4 Å². The van der Waals surface area contributed by atoms with Crippen LogP contribution in [0.5, 0.6) is 0 Å². The summed E-state index contributed by atoms with van der Waals surface area (Å²) in [5, 5.41) is 11.4. The second-order valence-corrected chi connectivity index (χ2v) is 7.37. The van der Waals surface area contributed by atoms with E-state index >= 15 is 0 Å². The Balaban J connectivity index is 1.49. The van der Waals surface area contributed by atoms with E-state index in [9.17, 15) is 9.18 Å². The lowest BCUT2D eigenvalue weighted by Crippen LogP contribution is -2.23. The number of nitrogens with zero attached hydrogens (tertiary/aromatic N) is 6. The average Bonchev–Trinajstić information content (AvgIpc) is 3.33. The van der Waals surface area contributed by atoms with Crippen LogP contribution in [0.1, 0.15) is 17.1 Å². The highest BCUT2D eigenvalue weighted by molar-refractivity contribution is 5.58. The molecule has 0 aliphatic carbocycles. The molecule has 0 saturated heterocycles. The van der Waals surface area contributed by atoms with Gasteiger partial charge in [-0.25, -0.2) is 23.3 Å². The molecule has 5 aromatic rings. The van der Waals surface area contributed by atoms with Crippen molar-refractivity contribution in [3.63, 3.8) is 0 Å². The largest absolute Gasteiger partial charge is 0.353 e. The molecule has 0 amide bonds. The molecular weight excluding hydrogens is 413 g/mol. The zero-order valence-electron chi connectivity index (χ0n) is 17.3. The number of anilines is 2. The van der Waals surface area contributed by atoms with Crippen molar-refractivity contribution in [2.24, 2.45) is 0 Å². The summed E-state index contributed by atoms with van der Waals surface area (Å²) in [6, 6.07) is 15.3. The standard InChI is InChI=1S/C22H18FN7O2/c1-13-5-3-8-17(9-13)25-21-24-14(2)10-18-27-29(22(31)30(18)21)12-19-26-20(28-32-19)15-6-4-7-16(23)11-15/h3-11H,12H2,1-2H3,(H,24,25). The molecule has 0 spiro atoms. The summed E-state index contributed by atoms with van der Waals surface area (Å²) < 4.78 is 21.3. The third kappa shape index (κ3) is 3.73. The van der Waals surface area contributed by atoms with Crippen LogP contribution < -0.4 is 11.0 Å². The van der Waals surface area contributed by atoms with Crippen LogP contribution in [-0.4, -0.2) is 29.3 Å². The van der Waals surface area contributed by atoms with Gasteiger partial charge >= 0.3 is 5.69 Å². The summed E-state index contributed by atoms with van der Waals surface area (Å²) in [4.78, 5) is 21.8. The first-order valence-corrected chi connectivity index (χ1v) is 9.86. The van der Waals surface area contributed by atoms with E-state index in [4.69, 9.17) is 4.52 Å². The van der Waals surface area contributed by atoms with Gasteiger partial charge in [0.15, 0.2) is 5.65 Å². The molecule has 1 N–H and O–H groups in total. The Kier molecular flexibility index (Phi) is 4.74. The molecule has 3 aromatic heterocycles. The number of hydrogen-bond acceptors (Lipinski definition) is 7. The molecule has 0 saturated carbocycles. The first-order valence-electron chi connectivity index (χ1n) is 9.86. The van der Waals surface area contributed by atoms with E-state index in [1.165, 1.54) is 21.2 Å². The van der Waals surface area contributed by atoms with Crippen LogP contribution in [0.15, 0.2) is 63.9 Å². The zero-order valence-corrected chi connectivity index (χ0v) is 17.3. The molecule has 0 aliphatic heterocycles. The van der Waals surface area contributed by atoms with Crippen molar-refractivity contribution < 1.29 is 8.91 Å². The number of hydrogen-bond donors (Lipinski definition) is 1. The van der Waals surface area contributed by atoms with Crippen molar-refractivity contribution in [2.75, 3.05) is 5.32 Å². The Morgan fingerprint density at radius 3 is 2.72 bits per heavy atom. The lowest BCUT2D eigenvalue weighted by atomic mass is 10.2. The van der Waals surface area contributed by atoms with Crippen molar-refractivity contribution in [2.45, 2.75) is 20.4 Å². The molecule has 0 fully saturated rings. The number of benzene rings is 2. The Hall–Kier alpha value is -4.34. The molecule has 0 aliphatic rings. The van der Waals surface area contributed by atoms with Gasteiger partial charge in [-0.05, 0) is 43.7 Å². The summed E-state index contributed by atoms with van der Waals surface area (Å²) in [7, 11) is 0. The van der Waals surface area contributed by atoms with Crippen molar-refractivity contribution in [3.05, 3.63) is 88.0 Å². The Morgan fingerprint density at radius 2 is 1.91 bits per heavy atom. The van der Waals surface area contributed by atoms with Gasteiger partial charge in [0.1, 0.15) is 12.4 Å². The van der Waals surface area contributed by atoms with E-state index in [0.717, 1.165) is 11.3 Å². The highest BCUT2D eigenvalue weighted by Crippen LogP contribution is 2.18. The van der Waals surface area contributed by atoms with E-state index in [0.29, 0.717) is 22.9 Å². The molecule has 3 heterocycles. The molecule has 5 rings (SSSR count). The molecule has 0 bridgehead atoms. The second kappa shape index (κ2) is 7.73. The van der Waals surface area contributed by atoms with Gasteiger partial charge in [-0.1, -0.05) is 29.4 Å². The van der Waals surface area contributed by atoms with Gasteiger partial charge < -0.3 is 9.84 Å². The van der Waals surface area contributed by atoms with Gasteiger partial charge in [0.25, 0.3) is 0 Å². The third-order valence-corrected chi connectivity index (χ3v) is 4.81. The van der Waals surface area contributed by atoms with Crippen molar-refractivity contribution in [1.29, 1.82) is 0 Å². The number of aromatic nitrogens is 6. The predicted octanol–water partition coefficient (Wildman–Crippen LogP) is 3.49. The minimum atomic E-state index is -0.409. The molecule has 2 aromatic carbocycles. The monoisotopic (exact) mass is 431 g/mol. The topological polar surface area (TPSA) is 103 Å². The first kappa shape index (κ1) is 19.6. The van der Waals surface area contributed by atoms with Crippen LogP contribution in [0, 0.1) is 19.7 Å². The highest BCUT2D eigenvalue weighted by Gasteiger charge is 2.16. The molecule has 10 heteroatoms. The number of nitrogens with one attached hydrogen (secondary N) is 1. The summed E-state index contributed by atoms with van der Waals surface area (Å²) in [6.07, 6.45) is 0. The fraction of sp³-hybridized carbons (Fsp3) is 0.136. The van der Waals surface area contributed by atoms with Crippen LogP contribution in [-0.2, 0) is 6.54 Å². The fourth-order valence-corrected chi connectivity index (χ4v) is 3.38. The molecule has 0 radical (unpaired) electrons. The minimum Gasteiger partial charge on any atom is -0.337 e. The maximum absolute atomic E-state index is 13.5. The molecule has 32 heavy (non-hydrogen) atoms. The Morgan fingerprint density at radius 1 is 1.06 bits per heavy atom. The van der Waals surface area contributed by atoms with Gasteiger partial charge in [-0.15, -0.1) is 5.10 Å². The summed E-state index contributed by atoms with van der Waals surface area (Å²) in [5.74, 6) is 0.359. The maximum Gasteiger partial charge on any atom is 0.353 e. The first-order chi connectivity index (χ1) is 15.5. The number of fused-ring (bicyclic) bond motifs is 1. The van der Waals surface area contributed by atoms with E-state index < -0.39 is 11.5 Å². The smallest absolute Gasteiger partial charge is 0.337 e. The summed E-state index contributed by atoms with van der Waals surface area (Å²) >= 11 is 0. The maximum atomic E-state index is 13.5. The van der Waals surface area contributed by atoms with Crippen LogP contribution in [0.25, 0.3) is 17.0 Å². The van der Waals surface area contributed by atoms with Crippen LogP contribution in [0.4, 0.5) is 16.0 Å². The van der Waals surface area contributed by atoms with Crippen LogP contribution in [0.2, 0.25) is 0 Å². The molecular formula is C22H18FN7O2. The number of aryl methyl sites for hydroxylation is 2. The molecule has 0 unspecified atom stereocenters. The normalized spacial score (nSPS) is 11.2. The van der Waals surface area contributed by atoms with Gasteiger partial charge in [-0.3, -0.25) is 0 Å². The Bertz CT molecular complexity index is 1500. The van der Waals surface area contributed by atoms with Crippen molar-refractivity contribution >= 4 is 17.3 Å². The van der Waals surface area contributed by atoms with Crippen LogP contribution in [0.3, 0.4) is 0 Å². The van der Waals surface area contributed by atoms with E-state index in [1.54, 1.807) is 18.2 Å². The highest BCUT2D eigenvalue weighted by atomic mass is 19.1. The average molecular weight is 431 g/mol. The predicted molar refractivity (Wildman–Crippen MR) is 115 cm³/mol. The Labute approximate surface area is 181 Å². The van der Waals surface area contributed by atoms with E-state index in [2.05, 4.69) is 25.5 Å². The quantitative estimate of drug-likeness (QED) is 0.454. The fourth-order valence-electron chi connectivity index (χ4n) is 3.38. The van der Waals surface area contributed by atoms with E-state index in [1.807, 2.05) is 38.1 Å². The SMILES string of the molecule is Cc1cccc(Nc2nc(C)cc3nn(Cc4nc(-c5cccc(F)c5)no4)c(=O)n23)c1. The lowest BCUT2D eigenvalue weighted by Gasteiger charge is -2.08. The van der Waals surface area contributed by atoms with Crippen LogP contribution >= 0.6 is 0 Å². The molecule has 9 nitrogen and oxygen atoms in total. The minimum absolute atomic E-state index is 0.0360.